The first kappa shape index (κ1) is 30.8. The highest BCUT2D eigenvalue weighted by molar-refractivity contribution is 7.40. The van der Waals surface area contributed by atoms with Gasteiger partial charge in [-0.1, -0.05) is 19.3 Å². The van der Waals surface area contributed by atoms with Gasteiger partial charge in [-0.05, 0) is 67.7 Å². The molecule has 0 aromatic carbocycles. The van der Waals surface area contributed by atoms with Crippen molar-refractivity contribution in [2.45, 2.75) is 51.4 Å². The molecule has 0 saturated heterocycles. The Balaban J connectivity index is 1.26. The number of amides is 4. The third-order valence-corrected chi connectivity index (χ3v) is 15.2. The van der Waals surface area contributed by atoms with E-state index in [0.717, 1.165) is 49.9 Å². The summed E-state index contributed by atoms with van der Waals surface area (Å²) in [5.74, 6) is -1.94. The average Bonchev–Trinajstić information content (AvgIpc) is 3.87. The van der Waals surface area contributed by atoms with Crippen molar-refractivity contribution in [3.63, 3.8) is 0 Å². The molecule has 0 atom stereocenters. The van der Waals surface area contributed by atoms with Gasteiger partial charge in [0, 0.05) is 55.6 Å². The van der Waals surface area contributed by atoms with Crippen molar-refractivity contribution in [3.05, 3.63) is 78.0 Å². The van der Waals surface area contributed by atoms with E-state index in [0.29, 0.717) is 22.3 Å². The van der Waals surface area contributed by atoms with Gasteiger partial charge in [0.15, 0.2) is 0 Å². The van der Waals surface area contributed by atoms with Gasteiger partial charge in [0.05, 0.1) is 25.5 Å². The van der Waals surface area contributed by atoms with Crippen molar-refractivity contribution in [1.82, 2.24) is 9.80 Å². The molecule has 1 saturated carbocycles. The fourth-order valence-corrected chi connectivity index (χ4v) is 13.3. The van der Waals surface area contributed by atoms with Gasteiger partial charge in [-0.15, -0.1) is 45.3 Å². The predicted octanol–water partition coefficient (Wildman–Crippen LogP) is 8.27. The minimum Gasteiger partial charge on any atom is -0.287 e. The molecule has 6 heterocycles. The highest BCUT2D eigenvalue weighted by atomic mass is 32.1. The lowest BCUT2D eigenvalue weighted by molar-refractivity contribution is -0.140. The Kier molecular flexibility index (Phi) is 6.92. The SMILES string of the molecule is [C-]#[N+]C1=C(C)/C(=C\c2cc3sc4c5c(sc4c3s2)-c2sc(/C=C3/C(=O)N(C)C(=O)C(C#N)=C3C)cc2C52CCCCC2)C(=O)N(C)C1=O. The minimum atomic E-state index is -0.568. The number of fused-ring (bicyclic) bond motifs is 9. The maximum atomic E-state index is 13.2. The highest BCUT2D eigenvalue weighted by Gasteiger charge is 2.48. The number of nitriles is 1. The second-order valence-corrected chi connectivity index (χ2v) is 16.8. The lowest BCUT2D eigenvalue weighted by atomic mass is 9.68. The molecule has 4 aromatic heterocycles. The van der Waals surface area contributed by atoms with Crippen LogP contribution < -0.4 is 0 Å². The van der Waals surface area contributed by atoms with Crippen LogP contribution in [0.1, 0.15) is 66.8 Å². The number of carbonyl (C=O) groups is 4. The lowest BCUT2D eigenvalue weighted by Gasteiger charge is -2.35. The largest absolute Gasteiger partial charge is 0.287 e. The quantitative estimate of drug-likeness (QED) is 0.119. The summed E-state index contributed by atoms with van der Waals surface area (Å²) in [6.07, 6.45) is 9.26. The van der Waals surface area contributed by atoms with E-state index >= 15 is 0 Å². The molecule has 0 unspecified atom stereocenters. The van der Waals surface area contributed by atoms with E-state index in [4.69, 9.17) is 6.57 Å². The van der Waals surface area contributed by atoms with Gasteiger partial charge in [0.1, 0.15) is 11.6 Å². The fourth-order valence-electron chi connectivity index (χ4n) is 7.54. The summed E-state index contributed by atoms with van der Waals surface area (Å²) in [5.41, 5.74) is 4.20. The molecule has 4 amide bonds. The number of carbonyl (C=O) groups excluding carboxylic acids is 4. The molecule has 12 heteroatoms. The topological polar surface area (TPSA) is 103 Å². The number of nitrogens with zero attached hydrogens (tertiary/aromatic N) is 4. The van der Waals surface area contributed by atoms with Crippen LogP contribution in [0.15, 0.2) is 45.7 Å². The van der Waals surface area contributed by atoms with Gasteiger partial charge in [-0.3, -0.25) is 29.0 Å². The van der Waals surface area contributed by atoms with Crippen molar-refractivity contribution in [2.75, 3.05) is 14.1 Å². The number of hydrogen-bond donors (Lipinski definition) is 0. The van der Waals surface area contributed by atoms with Gasteiger partial charge in [-0.25, -0.2) is 4.85 Å². The monoisotopic (exact) mass is 706 g/mol. The molecule has 2 aliphatic carbocycles. The second kappa shape index (κ2) is 10.8. The molecule has 0 N–H and O–H groups in total. The van der Waals surface area contributed by atoms with E-state index in [1.807, 2.05) is 29.6 Å². The summed E-state index contributed by atoms with van der Waals surface area (Å²) in [6.45, 7) is 10.8. The van der Waals surface area contributed by atoms with E-state index in [-0.39, 0.29) is 16.7 Å². The van der Waals surface area contributed by atoms with E-state index in [1.165, 1.54) is 55.5 Å². The predicted molar refractivity (Wildman–Crippen MR) is 191 cm³/mol. The summed E-state index contributed by atoms with van der Waals surface area (Å²) in [6, 6.07) is 6.33. The summed E-state index contributed by atoms with van der Waals surface area (Å²) in [4.78, 5) is 61.0. The molecular formula is C36H26N4O4S4. The van der Waals surface area contributed by atoms with Crippen molar-refractivity contribution < 1.29 is 19.2 Å². The molecule has 0 bridgehead atoms. The van der Waals surface area contributed by atoms with Gasteiger partial charge in [0.25, 0.3) is 29.3 Å². The van der Waals surface area contributed by atoms with Crippen LogP contribution in [0.3, 0.4) is 0 Å². The molecule has 8 rings (SSSR count). The average molecular weight is 707 g/mol. The van der Waals surface area contributed by atoms with Crippen molar-refractivity contribution in [1.29, 1.82) is 5.26 Å². The summed E-state index contributed by atoms with van der Waals surface area (Å²) < 4.78 is 4.91. The first-order chi connectivity index (χ1) is 23.0. The minimum absolute atomic E-state index is 0.00155. The molecule has 4 aliphatic rings. The molecule has 8 nitrogen and oxygen atoms in total. The number of hydrogen-bond acceptors (Lipinski definition) is 9. The summed E-state index contributed by atoms with van der Waals surface area (Å²) in [7, 11) is 2.83. The second-order valence-electron chi connectivity index (χ2n) is 12.6. The van der Waals surface area contributed by atoms with E-state index in [1.54, 1.807) is 47.9 Å². The first-order valence-electron chi connectivity index (χ1n) is 15.4. The molecule has 48 heavy (non-hydrogen) atoms. The highest BCUT2D eigenvalue weighted by Crippen LogP contribution is 2.65. The molecule has 1 spiro atoms. The molecule has 238 valence electrons. The van der Waals surface area contributed by atoms with Gasteiger partial charge in [0.2, 0.25) is 0 Å². The molecular weight excluding hydrogens is 681 g/mol. The van der Waals surface area contributed by atoms with E-state index in [2.05, 4.69) is 17.0 Å². The Morgan fingerprint density at radius 1 is 0.792 bits per heavy atom. The first-order valence-corrected chi connectivity index (χ1v) is 18.7. The zero-order chi connectivity index (χ0) is 33.8. The zero-order valence-corrected chi connectivity index (χ0v) is 29.7. The van der Waals surface area contributed by atoms with Crippen LogP contribution in [0.25, 0.3) is 45.6 Å². The van der Waals surface area contributed by atoms with E-state index in [9.17, 15) is 24.4 Å². The summed E-state index contributed by atoms with van der Waals surface area (Å²) in [5, 5.41) is 9.63. The molecule has 2 aliphatic heterocycles. The normalized spacial score (nSPS) is 21.0. The third kappa shape index (κ3) is 4.07. The zero-order valence-electron chi connectivity index (χ0n) is 26.4. The standard InChI is InChI=1S/C36H26N4O4S4/c1-16-20(32(41)39(4)34(43)22(16)15-37)11-18-13-23-27(45-18)29-25(36(23)9-7-6-8-10-36)30-31(48-29)28-24(47-30)14-19(46-28)12-21-17(2)26(38-3)35(44)40(5)33(21)42/h11-14H,6-10H2,1-2,4-5H3/b20-11+,21-12+. The van der Waals surface area contributed by atoms with Gasteiger partial charge < -0.3 is 0 Å². The Bertz CT molecular complexity index is 2440. The maximum absolute atomic E-state index is 13.2. The summed E-state index contributed by atoms with van der Waals surface area (Å²) >= 11 is 6.91. The van der Waals surface area contributed by atoms with Crippen LogP contribution in [-0.2, 0) is 24.6 Å². The van der Waals surface area contributed by atoms with Crippen molar-refractivity contribution >= 4 is 99.9 Å². The van der Waals surface area contributed by atoms with E-state index < -0.39 is 23.6 Å². The molecule has 1 fully saturated rings. The Hall–Kier alpha value is -4.46. The van der Waals surface area contributed by atoms with Crippen LogP contribution in [0, 0.1) is 17.9 Å². The Morgan fingerprint density at radius 3 is 2.10 bits per heavy atom. The number of rotatable bonds is 2. The van der Waals surface area contributed by atoms with Crippen LogP contribution >= 0.6 is 45.3 Å². The number of thiophene rings is 4. The van der Waals surface area contributed by atoms with Crippen LogP contribution in [0.2, 0.25) is 0 Å². The lowest BCUT2D eigenvalue weighted by Crippen LogP contribution is -2.39. The Labute approximate surface area is 292 Å². The van der Waals surface area contributed by atoms with Crippen LogP contribution in [0.4, 0.5) is 0 Å². The number of likely N-dealkylation sites (N-methyl/N-ethyl adjacent to an activating group) is 2. The Morgan fingerprint density at radius 2 is 1.44 bits per heavy atom. The third-order valence-electron chi connectivity index (χ3n) is 10.1. The van der Waals surface area contributed by atoms with Crippen LogP contribution in [-0.4, -0.2) is 47.5 Å². The van der Waals surface area contributed by atoms with Crippen LogP contribution in [0.5, 0.6) is 0 Å². The maximum Gasteiger partial charge on any atom is 0.271 e. The van der Waals surface area contributed by atoms with Gasteiger partial charge in [-0.2, -0.15) is 5.26 Å². The smallest absolute Gasteiger partial charge is 0.271 e. The van der Waals surface area contributed by atoms with Crippen molar-refractivity contribution in [2.24, 2.45) is 0 Å². The molecule has 0 radical (unpaired) electrons. The van der Waals surface area contributed by atoms with Gasteiger partial charge >= 0.3 is 0 Å². The fraction of sp³-hybridized carbons (Fsp3) is 0.278. The molecule has 4 aromatic rings. The number of imide groups is 2. The van der Waals surface area contributed by atoms with Crippen molar-refractivity contribution in [3.8, 4) is 15.8 Å².